The molecule has 5 heteroatoms. The third-order valence-electron chi connectivity index (χ3n) is 2.85. The van der Waals surface area contributed by atoms with Crippen molar-refractivity contribution in [3.8, 4) is 0 Å². The summed E-state index contributed by atoms with van der Waals surface area (Å²) in [4.78, 5) is 17.8. The van der Waals surface area contributed by atoms with E-state index in [4.69, 9.17) is 5.73 Å². The van der Waals surface area contributed by atoms with Crippen LogP contribution in [0, 0.1) is 6.92 Å². The van der Waals surface area contributed by atoms with Crippen molar-refractivity contribution in [2.24, 2.45) is 0 Å². The van der Waals surface area contributed by atoms with Crippen LogP contribution in [-0.2, 0) is 0 Å². The first-order valence-electron chi connectivity index (χ1n) is 5.61. The van der Waals surface area contributed by atoms with Crippen LogP contribution in [0.5, 0.6) is 0 Å². The maximum atomic E-state index is 12.0. The summed E-state index contributed by atoms with van der Waals surface area (Å²) in [6.07, 6.45) is 2.15. The average Bonchev–Trinajstić information content (AvgIpc) is 3.03. The van der Waals surface area contributed by atoms with E-state index < -0.39 is 0 Å². The van der Waals surface area contributed by atoms with Crippen molar-refractivity contribution in [1.29, 1.82) is 0 Å². The molecule has 4 nitrogen and oxygen atoms in total. The zero-order valence-corrected chi connectivity index (χ0v) is 10.3. The highest BCUT2D eigenvalue weighted by atomic mass is 32.1. The summed E-state index contributed by atoms with van der Waals surface area (Å²) < 4.78 is 0. The number of amides is 1. The lowest BCUT2D eigenvalue weighted by Crippen LogP contribution is -2.25. The summed E-state index contributed by atoms with van der Waals surface area (Å²) in [6.45, 7) is 1.93. The molecule has 1 amide bonds. The first-order chi connectivity index (χ1) is 8.15. The van der Waals surface area contributed by atoms with E-state index in [1.165, 1.54) is 11.3 Å². The number of fused-ring (bicyclic) bond motifs is 1. The van der Waals surface area contributed by atoms with E-state index in [2.05, 4.69) is 10.3 Å². The van der Waals surface area contributed by atoms with Gasteiger partial charge in [-0.1, -0.05) is 0 Å². The van der Waals surface area contributed by atoms with Crippen molar-refractivity contribution in [2.75, 3.05) is 5.73 Å². The Morgan fingerprint density at radius 3 is 3.00 bits per heavy atom. The van der Waals surface area contributed by atoms with E-state index in [-0.39, 0.29) is 5.91 Å². The zero-order chi connectivity index (χ0) is 12.0. The van der Waals surface area contributed by atoms with Gasteiger partial charge in [0, 0.05) is 17.1 Å². The molecule has 1 aliphatic carbocycles. The molecule has 0 saturated heterocycles. The van der Waals surface area contributed by atoms with E-state index in [1.807, 2.05) is 19.1 Å². The highest BCUT2D eigenvalue weighted by Gasteiger charge is 2.26. The minimum atomic E-state index is -0.0642. The molecule has 1 saturated carbocycles. The average molecular weight is 247 g/mol. The van der Waals surface area contributed by atoms with Gasteiger partial charge in [0.25, 0.3) is 5.91 Å². The van der Waals surface area contributed by atoms with Gasteiger partial charge in [0.15, 0.2) is 0 Å². The van der Waals surface area contributed by atoms with Crippen molar-refractivity contribution in [3.05, 3.63) is 22.7 Å². The predicted octanol–water partition coefficient (Wildman–Crippen LogP) is 2.08. The van der Waals surface area contributed by atoms with Crippen LogP contribution in [0.3, 0.4) is 0 Å². The van der Waals surface area contributed by atoms with Crippen LogP contribution in [-0.4, -0.2) is 16.9 Å². The normalized spacial score (nSPS) is 15.1. The van der Waals surface area contributed by atoms with Gasteiger partial charge in [-0.25, -0.2) is 4.98 Å². The molecule has 17 heavy (non-hydrogen) atoms. The lowest BCUT2D eigenvalue weighted by Gasteiger charge is -2.00. The van der Waals surface area contributed by atoms with Gasteiger partial charge in [0.2, 0.25) is 0 Å². The molecule has 0 aliphatic heterocycles. The fraction of sp³-hybridized carbons (Fsp3) is 0.333. The number of hydrogen-bond donors (Lipinski definition) is 2. The first kappa shape index (κ1) is 10.5. The van der Waals surface area contributed by atoms with Gasteiger partial charge in [-0.2, -0.15) is 0 Å². The van der Waals surface area contributed by atoms with Gasteiger partial charge in [-0.05, 0) is 31.9 Å². The van der Waals surface area contributed by atoms with E-state index in [0.29, 0.717) is 16.6 Å². The SMILES string of the molecule is Cc1ccc2c(N)c(C(=O)NC3CC3)sc2n1. The van der Waals surface area contributed by atoms with Crippen LogP contribution in [0.2, 0.25) is 0 Å². The molecule has 2 heterocycles. The number of nitrogen functional groups attached to an aromatic ring is 1. The topological polar surface area (TPSA) is 68.0 Å². The van der Waals surface area contributed by atoms with Crippen molar-refractivity contribution in [1.82, 2.24) is 10.3 Å². The van der Waals surface area contributed by atoms with Crippen molar-refractivity contribution < 1.29 is 4.79 Å². The summed E-state index contributed by atoms with van der Waals surface area (Å²) in [5.74, 6) is -0.0642. The number of aromatic nitrogens is 1. The fourth-order valence-electron chi connectivity index (χ4n) is 1.74. The Hall–Kier alpha value is -1.62. The number of nitrogens with one attached hydrogen (secondary N) is 1. The minimum absolute atomic E-state index is 0.0642. The van der Waals surface area contributed by atoms with Crippen LogP contribution in [0.4, 0.5) is 5.69 Å². The molecule has 0 radical (unpaired) electrons. The third-order valence-corrected chi connectivity index (χ3v) is 3.97. The molecule has 0 unspecified atom stereocenters. The molecule has 2 aromatic rings. The smallest absolute Gasteiger partial charge is 0.263 e. The summed E-state index contributed by atoms with van der Waals surface area (Å²) in [5, 5.41) is 3.83. The quantitative estimate of drug-likeness (QED) is 0.853. The van der Waals surface area contributed by atoms with Gasteiger partial charge >= 0.3 is 0 Å². The zero-order valence-electron chi connectivity index (χ0n) is 9.49. The molecule has 0 bridgehead atoms. The van der Waals surface area contributed by atoms with Gasteiger partial charge in [0.05, 0.1) is 5.69 Å². The largest absolute Gasteiger partial charge is 0.397 e. The number of nitrogens with zero attached hydrogens (tertiary/aromatic N) is 1. The van der Waals surface area contributed by atoms with Crippen LogP contribution in [0.1, 0.15) is 28.2 Å². The second-order valence-corrected chi connectivity index (χ2v) is 5.40. The first-order valence-corrected chi connectivity index (χ1v) is 6.43. The van der Waals surface area contributed by atoms with E-state index in [9.17, 15) is 4.79 Å². The molecule has 0 spiro atoms. The maximum Gasteiger partial charge on any atom is 0.263 e. The molecule has 1 aliphatic rings. The van der Waals surface area contributed by atoms with Gasteiger partial charge in [0.1, 0.15) is 9.71 Å². The van der Waals surface area contributed by atoms with Crippen LogP contribution >= 0.6 is 11.3 Å². The van der Waals surface area contributed by atoms with Crippen molar-refractivity contribution in [2.45, 2.75) is 25.8 Å². The number of anilines is 1. The fourth-order valence-corrected chi connectivity index (χ4v) is 2.78. The summed E-state index contributed by atoms with van der Waals surface area (Å²) >= 11 is 1.37. The second kappa shape index (κ2) is 3.70. The molecular weight excluding hydrogens is 234 g/mol. The molecule has 3 N–H and O–H groups in total. The molecule has 0 aromatic carbocycles. The molecular formula is C12H13N3OS. The number of thiophene rings is 1. The molecule has 2 aromatic heterocycles. The van der Waals surface area contributed by atoms with Crippen molar-refractivity contribution >= 4 is 33.1 Å². The maximum absolute atomic E-state index is 12.0. The number of carbonyl (C=O) groups is 1. The lowest BCUT2D eigenvalue weighted by molar-refractivity contribution is 0.0956. The number of hydrogen-bond acceptors (Lipinski definition) is 4. The number of rotatable bonds is 2. The minimum Gasteiger partial charge on any atom is -0.397 e. The number of aryl methyl sites for hydroxylation is 1. The Morgan fingerprint density at radius 1 is 1.53 bits per heavy atom. The van der Waals surface area contributed by atoms with Crippen LogP contribution < -0.4 is 11.1 Å². The highest BCUT2D eigenvalue weighted by molar-refractivity contribution is 7.21. The van der Waals surface area contributed by atoms with E-state index in [1.54, 1.807) is 0 Å². The van der Waals surface area contributed by atoms with Gasteiger partial charge < -0.3 is 11.1 Å². The Bertz CT molecular complexity index is 601. The number of carbonyl (C=O) groups excluding carboxylic acids is 1. The predicted molar refractivity (Wildman–Crippen MR) is 69.3 cm³/mol. The van der Waals surface area contributed by atoms with Crippen LogP contribution in [0.25, 0.3) is 10.2 Å². The summed E-state index contributed by atoms with van der Waals surface area (Å²) in [6, 6.07) is 4.19. The second-order valence-electron chi connectivity index (χ2n) is 4.40. The van der Waals surface area contributed by atoms with Gasteiger partial charge in [-0.3, -0.25) is 4.79 Å². The Balaban J connectivity index is 2.03. The molecule has 88 valence electrons. The molecule has 3 rings (SSSR count). The lowest BCUT2D eigenvalue weighted by atomic mass is 10.2. The highest BCUT2D eigenvalue weighted by Crippen LogP contribution is 2.33. The third kappa shape index (κ3) is 1.86. The molecule has 0 atom stereocenters. The summed E-state index contributed by atoms with van der Waals surface area (Å²) in [5.41, 5.74) is 7.49. The van der Waals surface area contributed by atoms with E-state index in [0.717, 1.165) is 28.8 Å². The summed E-state index contributed by atoms with van der Waals surface area (Å²) in [7, 11) is 0. The Labute approximate surface area is 103 Å². The monoisotopic (exact) mass is 247 g/mol. The van der Waals surface area contributed by atoms with Gasteiger partial charge in [-0.15, -0.1) is 11.3 Å². The van der Waals surface area contributed by atoms with Crippen LogP contribution in [0.15, 0.2) is 12.1 Å². The Kier molecular flexibility index (Phi) is 2.29. The number of pyridine rings is 1. The Morgan fingerprint density at radius 2 is 2.29 bits per heavy atom. The van der Waals surface area contributed by atoms with E-state index >= 15 is 0 Å². The standard InChI is InChI=1S/C12H13N3OS/c1-6-2-5-8-9(13)10(17-12(8)14-6)11(16)15-7-3-4-7/h2,5,7H,3-4,13H2,1H3,(H,15,16). The van der Waals surface area contributed by atoms with Crippen molar-refractivity contribution in [3.63, 3.8) is 0 Å². The number of nitrogens with two attached hydrogens (primary N) is 1. The molecule has 1 fully saturated rings.